The van der Waals surface area contributed by atoms with Gasteiger partial charge in [-0.3, -0.25) is 9.35 Å². The summed E-state index contributed by atoms with van der Waals surface area (Å²) in [6, 6.07) is 0. The van der Waals surface area contributed by atoms with Crippen LogP contribution in [0.1, 0.15) is 19.8 Å². The zero-order chi connectivity index (χ0) is 9.07. The Morgan fingerprint density at radius 1 is 1.55 bits per heavy atom. The predicted molar refractivity (Wildman–Crippen MR) is 37.9 cm³/mol. The van der Waals surface area contributed by atoms with Crippen LogP contribution >= 0.6 is 0 Å². The zero-order valence-electron chi connectivity index (χ0n) is 6.02. The van der Waals surface area contributed by atoms with Crippen LogP contribution in [0.2, 0.25) is 0 Å². The third-order valence-corrected chi connectivity index (χ3v) is 2.53. The third kappa shape index (κ3) is 4.74. The number of aliphatic carboxylic acids is 1. The highest BCUT2D eigenvalue weighted by molar-refractivity contribution is 7.86. The maximum absolute atomic E-state index is 10.3. The number of rotatable bonds is 4. The van der Waals surface area contributed by atoms with Gasteiger partial charge in [0.1, 0.15) is 0 Å². The molecule has 0 aromatic rings. The van der Waals surface area contributed by atoms with Gasteiger partial charge in [-0.15, -0.1) is 0 Å². The molecule has 66 valence electrons. The Hall–Kier alpha value is -0.620. The Balaban J connectivity index is 3.90. The molecule has 0 saturated carbocycles. The molecule has 0 spiro atoms. The van der Waals surface area contributed by atoms with Crippen molar-refractivity contribution in [1.29, 1.82) is 0 Å². The molecule has 0 fully saturated rings. The second-order valence-electron chi connectivity index (χ2n) is 2.26. The van der Waals surface area contributed by atoms with Crippen LogP contribution in [0.15, 0.2) is 0 Å². The van der Waals surface area contributed by atoms with Crippen molar-refractivity contribution in [3.8, 4) is 0 Å². The second-order valence-corrected chi connectivity index (χ2v) is 4.09. The quantitative estimate of drug-likeness (QED) is 0.603. The summed E-state index contributed by atoms with van der Waals surface area (Å²) in [4.78, 5) is 9.95. The molecule has 0 radical (unpaired) electrons. The van der Waals surface area contributed by atoms with E-state index in [9.17, 15) is 13.2 Å². The number of hydrogen-bond acceptors (Lipinski definition) is 3. The van der Waals surface area contributed by atoms with E-state index < -0.39 is 21.3 Å². The van der Waals surface area contributed by atoms with E-state index >= 15 is 0 Å². The Morgan fingerprint density at radius 2 is 2.00 bits per heavy atom. The van der Waals surface area contributed by atoms with Gasteiger partial charge in [0.25, 0.3) is 10.1 Å². The standard InChI is InChI=1S/C5H10O5S/c1-4(11(8,9)10)2-3-5(6)7/h4H,2-3H2,1H3,(H,6,7)(H,8,9,10)/t4-/m0/s1. The van der Waals surface area contributed by atoms with Crippen molar-refractivity contribution in [2.45, 2.75) is 25.0 Å². The smallest absolute Gasteiger partial charge is 0.303 e. The fraction of sp³-hybridized carbons (Fsp3) is 0.800. The number of carboxylic acid groups (broad SMARTS) is 1. The maximum Gasteiger partial charge on any atom is 0.303 e. The lowest BCUT2D eigenvalue weighted by Gasteiger charge is -2.04. The number of carboxylic acids is 1. The predicted octanol–water partition coefficient (Wildman–Crippen LogP) is 0.128. The highest BCUT2D eigenvalue weighted by atomic mass is 32.2. The van der Waals surface area contributed by atoms with E-state index in [1.807, 2.05) is 0 Å². The van der Waals surface area contributed by atoms with Crippen LogP contribution in [0.3, 0.4) is 0 Å². The summed E-state index contributed by atoms with van der Waals surface area (Å²) in [6.45, 7) is 1.26. The molecule has 11 heavy (non-hydrogen) atoms. The first-order chi connectivity index (χ1) is 4.84. The molecule has 0 aromatic heterocycles. The van der Waals surface area contributed by atoms with Gasteiger partial charge in [0.2, 0.25) is 0 Å². The van der Waals surface area contributed by atoms with Gasteiger partial charge in [-0.25, -0.2) is 0 Å². The molecular formula is C5H10O5S. The lowest BCUT2D eigenvalue weighted by atomic mass is 10.2. The molecule has 0 saturated heterocycles. The summed E-state index contributed by atoms with van der Waals surface area (Å²) >= 11 is 0. The molecule has 0 heterocycles. The van der Waals surface area contributed by atoms with E-state index in [0.29, 0.717) is 0 Å². The van der Waals surface area contributed by atoms with Crippen molar-refractivity contribution < 1.29 is 22.9 Å². The highest BCUT2D eigenvalue weighted by Crippen LogP contribution is 2.05. The molecular weight excluding hydrogens is 172 g/mol. The first-order valence-electron chi connectivity index (χ1n) is 3.02. The van der Waals surface area contributed by atoms with E-state index in [2.05, 4.69) is 0 Å². The lowest BCUT2D eigenvalue weighted by Crippen LogP contribution is -2.17. The van der Waals surface area contributed by atoms with Gasteiger partial charge in [0.05, 0.1) is 5.25 Å². The summed E-state index contributed by atoms with van der Waals surface area (Å²) in [7, 11) is -4.06. The summed E-state index contributed by atoms with van der Waals surface area (Å²) in [5.41, 5.74) is 0. The summed E-state index contributed by atoms with van der Waals surface area (Å²) in [6.07, 6.45) is -0.310. The molecule has 0 aromatic carbocycles. The monoisotopic (exact) mass is 182 g/mol. The van der Waals surface area contributed by atoms with Crippen molar-refractivity contribution in [1.82, 2.24) is 0 Å². The Morgan fingerprint density at radius 3 is 2.27 bits per heavy atom. The fourth-order valence-electron chi connectivity index (χ4n) is 0.476. The molecule has 0 aliphatic heterocycles. The third-order valence-electron chi connectivity index (χ3n) is 1.27. The van der Waals surface area contributed by atoms with Crippen LogP contribution in [0.4, 0.5) is 0 Å². The van der Waals surface area contributed by atoms with E-state index in [1.165, 1.54) is 6.92 Å². The van der Waals surface area contributed by atoms with Crippen LogP contribution in [-0.4, -0.2) is 29.3 Å². The average Bonchev–Trinajstić information content (AvgIpc) is 1.80. The molecule has 0 aliphatic carbocycles. The van der Waals surface area contributed by atoms with E-state index in [1.54, 1.807) is 0 Å². The summed E-state index contributed by atoms with van der Waals surface area (Å²) in [5, 5.41) is 7.15. The molecule has 5 nitrogen and oxygen atoms in total. The summed E-state index contributed by atoms with van der Waals surface area (Å²) in [5.74, 6) is -1.07. The molecule has 0 unspecified atom stereocenters. The van der Waals surface area contributed by atoms with Gasteiger partial charge in [0.15, 0.2) is 0 Å². The summed E-state index contributed by atoms with van der Waals surface area (Å²) < 4.78 is 29.0. The fourth-order valence-corrected chi connectivity index (χ4v) is 0.891. The van der Waals surface area contributed by atoms with Gasteiger partial charge < -0.3 is 5.11 Å². The molecule has 0 amide bonds. The van der Waals surface area contributed by atoms with Crippen LogP contribution in [-0.2, 0) is 14.9 Å². The largest absolute Gasteiger partial charge is 0.481 e. The topological polar surface area (TPSA) is 91.7 Å². The normalized spacial score (nSPS) is 14.4. The minimum absolute atomic E-state index is 0.0613. The van der Waals surface area contributed by atoms with Crippen LogP contribution in [0.25, 0.3) is 0 Å². The Bertz CT molecular complexity index is 229. The first kappa shape index (κ1) is 10.4. The van der Waals surface area contributed by atoms with Gasteiger partial charge >= 0.3 is 5.97 Å². The minimum Gasteiger partial charge on any atom is -0.481 e. The van der Waals surface area contributed by atoms with Crippen molar-refractivity contribution in [3.05, 3.63) is 0 Å². The molecule has 0 bridgehead atoms. The average molecular weight is 182 g/mol. The van der Waals surface area contributed by atoms with E-state index in [4.69, 9.17) is 9.66 Å². The van der Waals surface area contributed by atoms with Gasteiger partial charge in [0, 0.05) is 6.42 Å². The van der Waals surface area contributed by atoms with Crippen LogP contribution < -0.4 is 0 Å². The first-order valence-corrected chi connectivity index (χ1v) is 4.52. The molecule has 0 rings (SSSR count). The molecule has 0 aliphatic rings. The van der Waals surface area contributed by atoms with Gasteiger partial charge in [-0.1, -0.05) is 0 Å². The van der Waals surface area contributed by atoms with Crippen molar-refractivity contribution in [2.24, 2.45) is 0 Å². The number of carbonyl (C=O) groups is 1. The Labute approximate surface area is 64.8 Å². The van der Waals surface area contributed by atoms with Crippen LogP contribution in [0.5, 0.6) is 0 Å². The highest BCUT2D eigenvalue weighted by Gasteiger charge is 2.17. The zero-order valence-corrected chi connectivity index (χ0v) is 6.84. The second kappa shape index (κ2) is 3.68. The maximum atomic E-state index is 10.3. The van der Waals surface area contributed by atoms with Crippen molar-refractivity contribution in [3.63, 3.8) is 0 Å². The van der Waals surface area contributed by atoms with E-state index in [0.717, 1.165) is 0 Å². The van der Waals surface area contributed by atoms with Crippen molar-refractivity contribution >= 4 is 16.1 Å². The number of hydrogen-bond donors (Lipinski definition) is 2. The van der Waals surface area contributed by atoms with E-state index in [-0.39, 0.29) is 12.8 Å². The molecule has 2 N–H and O–H groups in total. The minimum atomic E-state index is -4.06. The van der Waals surface area contributed by atoms with Gasteiger partial charge in [-0.2, -0.15) is 8.42 Å². The van der Waals surface area contributed by atoms with Gasteiger partial charge in [-0.05, 0) is 13.3 Å². The Kier molecular flexibility index (Phi) is 3.47. The lowest BCUT2D eigenvalue weighted by molar-refractivity contribution is -0.137. The van der Waals surface area contributed by atoms with Crippen molar-refractivity contribution in [2.75, 3.05) is 0 Å². The SMILES string of the molecule is C[C@@H](CCC(=O)O)S(=O)(=O)O. The van der Waals surface area contributed by atoms with Crippen LogP contribution in [0, 0.1) is 0 Å². The molecule has 1 atom stereocenters. The molecule has 6 heteroatoms.